The third kappa shape index (κ3) is 4.46. The third-order valence-corrected chi connectivity index (χ3v) is 4.75. The van der Waals surface area contributed by atoms with Gasteiger partial charge in [0, 0.05) is 13.1 Å². The number of nitrogens with one attached hydrogen (secondary N) is 1. The molecule has 1 unspecified atom stereocenters. The number of carbonyl (C=O) groups excluding carboxylic acids is 1. The SMILES string of the molecule is CCN(CC)CCNC(C)(C(N)=O)C1CCCCC1. The minimum Gasteiger partial charge on any atom is -0.368 e. The first-order valence-electron chi connectivity index (χ1n) is 7.81. The minimum absolute atomic E-state index is 0.195. The van der Waals surface area contributed by atoms with Crippen molar-refractivity contribution in [1.29, 1.82) is 0 Å². The Morgan fingerprint density at radius 3 is 2.32 bits per heavy atom. The Morgan fingerprint density at radius 1 is 1.26 bits per heavy atom. The smallest absolute Gasteiger partial charge is 0.237 e. The Kier molecular flexibility index (Phi) is 6.80. The molecule has 0 aromatic rings. The Morgan fingerprint density at radius 2 is 1.84 bits per heavy atom. The van der Waals surface area contributed by atoms with Crippen molar-refractivity contribution < 1.29 is 4.79 Å². The number of rotatable bonds is 8. The van der Waals surface area contributed by atoms with Gasteiger partial charge < -0.3 is 16.0 Å². The fraction of sp³-hybridized carbons (Fsp3) is 0.933. The van der Waals surface area contributed by atoms with E-state index < -0.39 is 5.54 Å². The van der Waals surface area contributed by atoms with E-state index in [2.05, 4.69) is 24.1 Å². The van der Waals surface area contributed by atoms with Crippen LogP contribution in [0.15, 0.2) is 0 Å². The summed E-state index contributed by atoms with van der Waals surface area (Å²) in [5, 5.41) is 3.45. The molecule has 0 heterocycles. The minimum atomic E-state index is -0.534. The standard InChI is InChI=1S/C15H31N3O/c1-4-18(5-2)12-11-17-15(3,14(16)19)13-9-7-6-8-10-13/h13,17H,4-12H2,1-3H3,(H2,16,19). The van der Waals surface area contributed by atoms with Crippen LogP contribution in [0.1, 0.15) is 52.9 Å². The van der Waals surface area contributed by atoms with Crippen LogP contribution in [0.3, 0.4) is 0 Å². The van der Waals surface area contributed by atoms with Crippen molar-refractivity contribution >= 4 is 5.91 Å². The summed E-state index contributed by atoms with van der Waals surface area (Å²) < 4.78 is 0. The van der Waals surface area contributed by atoms with Gasteiger partial charge in [-0.3, -0.25) is 4.79 Å². The Hall–Kier alpha value is -0.610. The number of carbonyl (C=O) groups is 1. The normalized spacial score (nSPS) is 20.4. The van der Waals surface area contributed by atoms with Gasteiger partial charge >= 0.3 is 0 Å². The van der Waals surface area contributed by atoms with Crippen LogP contribution < -0.4 is 11.1 Å². The molecule has 1 atom stereocenters. The fourth-order valence-electron chi connectivity index (χ4n) is 3.13. The number of hydrogen-bond acceptors (Lipinski definition) is 3. The summed E-state index contributed by atoms with van der Waals surface area (Å²) >= 11 is 0. The molecule has 1 amide bonds. The zero-order valence-electron chi connectivity index (χ0n) is 12.9. The van der Waals surface area contributed by atoms with E-state index in [9.17, 15) is 4.79 Å². The van der Waals surface area contributed by atoms with E-state index >= 15 is 0 Å². The van der Waals surface area contributed by atoms with Gasteiger partial charge in [0.1, 0.15) is 0 Å². The van der Waals surface area contributed by atoms with E-state index in [1.165, 1.54) is 19.3 Å². The predicted octanol–water partition coefficient (Wildman–Crippen LogP) is 1.74. The highest BCUT2D eigenvalue weighted by Crippen LogP contribution is 2.32. The van der Waals surface area contributed by atoms with Crippen molar-refractivity contribution in [2.24, 2.45) is 11.7 Å². The second-order valence-corrected chi connectivity index (χ2v) is 5.86. The lowest BCUT2D eigenvalue weighted by atomic mass is 9.75. The van der Waals surface area contributed by atoms with Crippen LogP contribution in [-0.4, -0.2) is 42.5 Å². The Balaban J connectivity index is 2.53. The number of nitrogens with two attached hydrogens (primary N) is 1. The van der Waals surface area contributed by atoms with Crippen molar-refractivity contribution in [3.05, 3.63) is 0 Å². The molecular formula is C15H31N3O. The Labute approximate surface area is 118 Å². The maximum absolute atomic E-state index is 11.9. The van der Waals surface area contributed by atoms with Gasteiger partial charge in [0.2, 0.25) is 5.91 Å². The summed E-state index contributed by atoms with van der Waals surface area (Å²) in [6.07, 6.45) is 6.00. The molecule has 1 rings (SSSR count). The number of amides is 1. The summed E-state index contributed by atoms with van der Waals surface area (Å²) in [7, 11) is 0. The van der Waals surface area contributed by atoms with Gasteiger partial charge in [0.15, 0.2) is 0 Å². The summed E-state index contributed by atoms with van der Waals surface area (Å²) in [5.74, 6) is 0.203. The van der Waals surface area contributed by atoms with Crippen LogP contribution >= 0.6 is 0 Å². The maximum Gasteiger partial charge on any atom is 0.237 e. The van der Waals surface area contributed by atoms with Gasteiger partial charge in [-0.1, -0.05) is 33.1 Å². The quantitative estimate of drug-likeness (QED) is 0.706. The molecule has 19 heavy (non-hydrogen) atoms. The van der Waals surface area contributed by atoms with Gasteiger partial charge in [-0.05, 0) is 38.8 Å². The van der Waals surface area contributed by atoms with Gasteiger partial charge in [-0.15, -0.1) is 0 Å². The first-order valence-corrected chi connectivity index (χ1v) is 7.81. The van der Waals surface area contributed by atoms with Crippen LogP contribution in [0, 0.1) is 5.92 Å². The zero-order valence-corrected chi connectivity index (χ0v) is 12.9. The molecule has 4 nitrogen and oxygen atoms in total. The van der Waals surface area contributed by atoms with E-state index in [-0.39, 0.29) is 5.91 Å². The van der Waals surface area contributed by atoms with Crippen molar-refractivity contribution in [1.82, 2.24) is 10.2 Å². The van der Waals surface area contributed by atoms with Crippen LogP contribution in [0.2, 0.25) is 0 Å². The van der Waals surface area contributed by atoms with Crippen molar-refractivity contribution in [2.75, 3.05) is 26.2 Å². The highest BCUT2D eigenvalue weighted by molar-refractivity contribution is 5.84. The predicted molar refractivity (Wildman–Crippen MR) is 80.0 cm³/mol. The first-order chi connectivity index (χ1) is 9.04. The molecule has 4 heteroatoms. The number of likely N-dealkylation sites (N-methyl/N-ethyl adjacent to an activating group) is 1. The number of nitrogens with zero attached hydrogens (tertiary/aromatic N) is 1. The number of primary amides is 1. The molecule has 3 N–H and O–H groups in total. The molecule has 1 aliphatic carbocycles. The van der Waals surface area contributed by atoms with Gasteiger partial charge in [-0.25, -0.2) is 0 Å². The molecule has 1 saturated carbocycles. The molecule has 112 valence electrons. The molecule has 0 bridgehead atoms. The molecule has 0 spiro atoms. The van der Waals surface area contributed by atoms with Gasteiger partial charge in [0.05, 0.1) is 5.54 Å². The zero-order chi connectivity index (χ0) is 14.3. The summed E-state index contributed by atoms with van der Waals surface area (Å²) in [6, 6.07) is 0. The highest BCUT2D eigenvalue weighted by Gasteiger charge is 2.39. The molecule has 1 fully saturated rings. The molecule has 1 aliphatic rings. The molecule has 0 aromatic heterocycles. The van der Waals surface area contributed by atoms with Crippen LogP contribution in [0.4, 0.5) is 0 Å². The summed E-state index contributed by atoms with van der Waals surface area (Å²) in [5.41, 5.74) is 5.13. The van der Waals surface area contributed by atoms with Crippen LogP contribution in [0.5, 0.6) is 0 Å². The summed E-state index contributed by atoms with van der Waals surface area (Å²) in [4.78, 5) is 14.2. The highest BCUT2D eigenvalue weighted by atomic mass is 16.1. The average molecular weight is 269 g/mol. The van der Waals surface area contributed by atoms with Gasteiger partial charge in [0.25, 0.3) is 0 Å². The van der Waals surface area contributed by atoms with E-state index in [0.717, 1.165) is 39.0 Å². The van der Waals surface area contributed by atoms with E-state index in [1.807, 2.05) is 6.92 Å². The van der Waals surface area contributed by atoms with Gasteiger partial charge in [-0.2, -0.15) is 0 Å². The van der Waals surface area contributed by atoms with E-state index in [1.54, 1.807) is 0 Å². The average Bonchev–Trinajstić information content (AvgIpc) is 2.44. The lowest BCUT2D eigenvalue weighted by molar-refractivity contribution is -0.126. The van der Waals surface area contributed by atoms with Crippen molar-refractivity contribution in [3.63, 3.8) is 0 Å². The summed E-state index contributed by atoms with van der Waals surface area (Å²) in [6.45, 7) is 10.2. The molecule has 0 radical (unpaired) electrons. The van der Waals surface area contributed by atoms with Crippen LogP contribution in [0.25, 0.3) is 0 Å². The molecule has 0 saturated heterocycles. The van der Waals surface area contributed by atoms with E-state index in [4.69, 9.17) is 5.73 Å². The molecule has 0 aromatic carbocycles. The van der Waals surface area contributed by atoms with E-state index in [0.29, 0.717) is 5.92 Å². The second kappa shape index (κ2) is 7.85. The maximum atomic E-state index is 11.9. The van der Waals surface area contributed by atoms with Crippen molar-refractivity contribution in [3.8, 4) is 0 Å². The largest absolute Gasteiger partial charge is 0.368 e. The second-order valence-electron chi connectivity index (χ2n) is 5.86. The van der Waals surface area contributed by atoms with Crippen molar-refractivity contribution in [2.45, 2.75) is 58.4 Å². The fourth-order valence-corrected chi connectivity index (χ4v) is 3.13. The third-order valence-electron chi connectivity index (χ3n) is 4.75. The number of hydrogen-bond donors (Lipinski definition) is 2. The molecule has 0 aliphatic heterocycles. The monoisotopic (exact) mass is 269 g/mol. The first kappa shape index (κ1) is 16.4. The lowest BCUT2D eigenvalue weighted by Crippen LogP contribution is -2.59. The molecular weight excluding hydrogens is 238 g/mol. The van der Waals surface area contributed by atoms with Crippen LogP contribution in [-0.2, 0) is 4.79 Å². The lowest BCUT2D eigenvalue weighted by Gasteiger charge is -2.38. The topological polar surface area (TPSA) is 58.4 Å². The Bertz CT molecular complexity index is 273.